The highest BCUT2D eigenvalue weighted by molar-refractivity contribution is 9.10. The van der Waals surface area contributed by atoms with Crippen LogP contribution in [0.25, 0.3) is 0 Å². The van der Waals surface area contributed by atoms with Crippen molar-refractivity contribution in [1.82, 2.24) is 4.90 Å². The first kappa shape index (κ1) is 13.8. The van der Waals surface area contributed by atoms with Gasteiger partial charge in [-0.25, -0.2) is 4.39 Å². The second kappa shape index (κ2) is 5.57. The van der Waals surface area contributed by atoms with E-state index in [0.717, 1.165) is 6.42 Å². The second-order valence-corrected chi connectivity index (χ2v) is 6.08. The maximum absolute atomic E-state index is 13.4. The lowest BCUT2D eigenvalue weighted by molar-refractivity contribution is 0.0701. The number of piperidine rings is 1. The maximum Gasteiger partial charge on any atom is 0.254 e. The van der Waals surface area contributed by atoms with Gasteiger partial charge in [0.15, 0.2) is 0 Å². The number of likely N-dealkylation sites (tertiary alicyclic amines) is 1. The second-order valence-electron chi connectivity index (χ2n) is 4.66. The van der Waals surface area contributed by atoms with Gasteiger partial charge in [0.05, 0.1) is 9.85 Å². The van der Waals surface area contributed by atoms with Crippen molar-refractivity contribution in [2.24, 2.45) is 5.92 Å². The molecule has 0 aromatic heterocycles. The van der Waals surface area contributed by atoms with Crippen LogP contribution in [0.2, 0.25) is 0 Å². The Hall–Kier alpha value is -0.610. The number of alkyl halides is 1. The average Bonchev–Trinajstić information content (AvgIpc) is 2.35. The van der Waals surface area contributed by atoms with Gasteiger partial charge in [0.2, 0.25) is 0 Å². The van der Waals surface area contributed by atoms with E-state index in [2.05, 4.69) is 22.9 Å². The Morgan fingerprint density at radius 2 is 2.28 bits per heavy atom. The Labute approximate surface area is 119 Å². The van der Waals surface area contributed by atoms with Crippen molar-refractivity contribution in [3.8, 4) is 0 Å². The highest BCUT2D eigenvalue weighted by Gasteiger charge is 2.28. The van der Waals surface area contributed by atoms with Gasteiger partial charge in [0.1, 0.15) is 5.82 Å². The molecule has 1 amide bonds. The van der Waals surface area contributed by atoms with Crippen molar-refractivity contribution in [1.29, 1.82) is 0 Å². The number of carbonyl (C=O) groups excluding carboxylic acids is 1. The SMILES string of the molecule is CC1CCN(C(=O)c2ccc(Br)c(F)c2)CC1Cl. The molecule has 2 rings (SSSR count). The number of hydrogen-bond acceptors (Lipinski definition) is 1. The fourth-order valence-electron chi connectivity index (χ4n) is 2.02. The van der Waals surface area contributed by atoms with Crippen LogP contribution in [-0.4, -0.2) is 29.3 Å². The molecule has 18 heavy (non-hydrogen) atoms. The number of hydrogen-bond donors (Lipinski definition) is 0. The van der Waals surface area contributed by atoms with Crippen LogP contribution in [0.1, 0.15) is 23.7 Å². The third kappa shape index (κ3) is 2.86. The van der Waals surface area contributed by atoms with Gasteiger partial charge >= 0.3 is 0 Å². The minimum atomic E-state index is -0.423. The molecule has 1 aromatic carbocycles. The van der Waals surface area contributed by atoms with Gasteiger partial charge in [0.25, 0.3) is 5.91 Å². The van der Waals surface area contributed by atoms with Crippen LogP contribution in [0.4, 0.5) is 4.39 Å². The summed E-state index contributed by atoms with van der Waals surface area (Å²) in [5.74, 6) is -0.162. The summed E-state index contributed by atoms with van der Waals surface area (Å²) in [6.45, 7) is 3.29. The Bertz CT molecular complexity index is 468. The predicted molar refractivity (Wildman–Crippen MR) is 73.4 cm³/mol. The largest absolute Gasteiger partial charge is 0.337 e. The van der Waals surface area contributed by atoms with Crippen LogP contribution in [0.5, 0.6) is 0 Å². The van der Waals surface area contributed by atoms with Gasteiger partial charge in [-0.3, -0.25) is 4.79 Å². The molecule has 2 atom stereocenters. The molecule has 5 heteroatoms. The zero-order valence-electron chi connectivity index (χ0n) is 10.00. The molecule has 1 aromatic rings. The molecular formula is C13H14BrClFNO. The summed E-state index contributed by atoms with van der Waals surface area (Å²) < 4.78 is 13.8. The molecule has 0 aliphatic carbocycles. The van der Waals surface area contributed by atoms with Gasteiger partial charge in [-0.05, 0) is 46.5 Å². The first-order valence-corrected chi connectivity index (χ1v) is 7.10. The van der Waals surface area contributed by atoms with Gasteiger partial charge in [-0.15, -0.1) is 11.6 Å². The number of halogens is 3. The van der Waals surface area contributed by atoms with Crippen molar-refractivity contribution in [2.45, 2.75) is 18.7 Å². The number of benzene rings is 1. The molecule has 0 bridgehead atoms. The fourth-order valence-corrected chi connectivity index (χ4v) is 2.56. The first-order valence-electron chi connectivity index (χ1n) is 5.87. The first-order chi connectivity index (χ1) is 8.49. The quantitative estimate of drug-likeness (QED) is 0.718. The molecule has 1 aliphatic rings. The van der Waals surface area contributed by atoms with Crippen molar-refractivity contribution in [3.05, 3.63) is 34.1 Å². The van der Waals surface area contributed by atoms with Gasteiger partial charge in [0, 0.05) is 18.7 Å². The van der Waals surface area contributed by atoms with Crippen molar-refractivity contribution in [3.63, 3.8) is 0 Å². The van der Waals surface area contributed by atoms with Gasteiger partial charge < -0.3 is 4.90 Å². The van der Waals surface area contributed by atoms with Crippen LogP contribution < -0.4 is 0 Å². The third-order valence-electron chi connectivity index (χ3n) is 3.32. The molecule has 0 radical (unpaired) electrons. The maximum atomic E-state index is 13.4. The van der Waals surface area contributed by atoms with Crippen LogP contribution in [0, 0.1) is 11.7 Å². The standard InChI is InChI=1S/C13H14BrClFNO/c1-8-4-5-17(7-11(8)15)13(18)9-2-3-10(14)12(16)6-9/h2-3,6,8,11H,4-5,7H2,1H3. The number of rotatable bonds is 1. The minimum Gasteiger partial charge on any atom is -0.337 e. The predicted octanol–water partition coefficient (Wildman–Crippen LogP) is 3.68. The summed E-state index contributed by atoms with van der Waals surface area (Å²) >= 11 is 9.25. The monoisotopic (exact) mass is 333 g/mol. The number of amides is 1. The molecule has 0 saturated carbocycles. The van der Waals surface area contributed by atoms with Crippen molar-refractivity contribution >= 4 is 33.4 Å². The van der Waals surface area contributed by atoms with E-state index in [4.69, 9.17) is 11.6 Å². The average molecular weight is 335 g/mol. The van der Waals surface area contributed by atoms with E-state index >= 15 is 0 Å². The van der Waals surface area contributed by atoms with Crippen LogP contribution in [0.15, 0.2) is 22.7 Å². The van der Waals surface area contributed by atoms with E-state index in [9.17, 15) is 9.18 Å². The van der Waals surface area contributed by atoms with E-state index in [1.54, 1.807) is 17.0 Å². The molecule has 1 aliphatic heterocycles. The lowest BCUT2D eigenvalue weighted by Crippen LogP contribution is -2.43. The molecule has 0 N–H and O–H groups in total. The van der Waals surface area contributed by atoms with Gasteiger partial charge in [-0.2, -0.15) is 0 Å². The number of nitrogens with zero attached hydrogens (tertiary/aromatic N) is 1. The smallest absolute Gasteiger partial charge is 0.254 e. The van der Waals surface area contributed by atoms with E-state index in [1.165, 1.54) is 6.07 Å². The minimum absolute atomic E-state index is 0.0250. The summed E-state index contributed by atoms with van der Waals surface area (Å²) in [4.78, 5) is 13.9. The molecule has 98 valence electrons. The summed E-state index contributed by atoms with van der Waals surface area (Å²) in [6, 6.07) is 4.43. The van der Waals surface area contributed by atoms with E-state index in [-0.39, 0.29) is 11.3 Å². The highest BCUT2D eigenvalue weighted by atomic mass is 79.9. The zero-order chi connectivity index (χ0) is 13.3. The zero-order valence-corrected chi connectivity index (χ0v) is 12.3. The molecular weight excluding hydrogens is 321 g/mol. The molecule has 1 heterocycles. The van der Waals surface area contributed by atoms with Gasteiger partial charge in [-0.1, -0.05) is 6.92 Å². The van der Waals surface area contributed by atoms with E-state index in [1.807, 2.05) is 0 Å². The summed E-state index contributed by atoms with van der Waals surface area (Å²) in [5, 5.41) is -0.0250. The topological polar surface area (TPSA) is 20.3 Å². The Morgan fingerprint density at radius 1 is 1.56 bits per heavy atom. The summed E-state index contributed by atoms with van der Waals surface area (Å²) in [6.07, 6.45) is 0.888. The summed E-state index contributed by atoms with van der Waals surface area (Å²) in [5.41, 5.74) is 0.370. The van der Waals surface area contributed by atoms with Crippen LogP contribution >= 0.6 is 27.5 Å². The molecule has 2 nitrogen and oxygen atoms in total. The Morgan fingerprint density at radius 3 is 2.89 bits per heavy atom. The summed E-state index contributed by atoms with van der Waals surface area (Å²) in [7, 11) is 0. The van der Waals surface area contributed by atoms with Crippen LogP contribution in [-0.2, 0) is 0 Å². The normalized spacial score (nSPS) is 24.1. The third-order valence-corrected chi connectivity index (χ3v) is 4.53. The molecule has 2 unspecified atom stereocenters. The van der Waals surface area contributed by atoms with Crippen molar-refractivity contribution < 1.29 is 9.18 Å². The molecule has 0 spiro atoms. The van der Waals surface area contributed by atoms with Crippen molar-refractivity contribution in [2.75, 3.05) is 13.1 Å². The Kier molecular flexibility index (Phi) is 4.28. The number of carbonyl (C=O) groups is 1. The van der Waals surface area contributed by atoms with E-state index in [0.29, 0.717) is 29.0 Å². The molecule has 1 saturated heterocycles. The molecule has 1 fully saturated rings. The highest BCUT2D eigenvalue weighted by Crippen LogP contribution is 2.24. The lowest BCUT2D eigenvalue weighted by atomic mass is 9.98. The fraction of sp³-hybridized carbons (Fsp3) is 0.462. The van der Waals surface area contributed by atoms with Crippen LogP contribution in [0.3, 0.4) is 0 Å². The van der Waals surface area contributed by atoms with E-state index < -0.39 is 5.82 Å². The Balaban J connectivity index is 2.14. The lowest BCUT2D eigenvalue weighted by Gasteiger charge is -2.34.